The van der Waals surface area contributed by atoms with Crippen LogP contribution in [0.3, 0.4) is 0 Å². The Bertz CT molecular complexity index is 964. The van der Waals surface area contributed by atoms with Gasteiger partial charge in [-0.1, -0.05) is 22.9 Å². The second-order valence-electron chi connectivity index (χ2n) is 5.96. The minimum Gasteiger partial charge on any atom is -0.334 e. The third kappa shape index (κ3) is 4.14. The lowest BCUT2D eigenvalue weighted by molar-refractivity contribution is 0.418. The number of nitrogens with one attached hydrogen (secondary N) is 1. The van der Waals surface area contributed by atoms with Crippen LogP contribution in [0.5, 0.6) is 0 Å². The third-order valence-electron chi connectivity index (χ3n) is 3.96. The predicted molar refractivity (Wildman–Crippen MR) is 101 cm³/mol. The Labute approximate surface area is 158 Å². The predicted octanol–water partition coefficient (Wildman–Crippen LogP) is 2.66. The normalized spacial score (nSPS) is 12.6. The summed E-state index contributed by atoms with van der Waals surface area (Å²) >= 11 is 0. The van der Waals surface area contributed by atoms with Crippen molar-refractivity contribution in [3.05, 3.63) is 54.1 Å². The summed E-state index contributed by atoms with van der Waals surface area (Å²) < 4.78 is 31.7. The number of aromatic nitrogens is 3. The van der Waals surface area contributed by atoms with Crippen molar-refractivity contribution in [1.82, 2.24) is 19.4 Å². The summed E-state index contributed by atoms with van der Waals surface area (Å²) in [6.45, 7) is 3.92. The van der Waals surface area contributed by atoms with Crippen LogP contribution in [0.4, 0.5) is 0 Å². The highest BCUT2D eigenvalue weighted by atomic mass is 35.5. The van der Waals surface area contributed by atoms with E-state index in [0.717, 1.165) is 9.54 Å². The minimum atomic E-state index is -3.64. The van der Waals surface area contributed by atoms with E-state index >= 15 is 0 Å². The molecule has 0 aliphatic carbocycles. The monoisotopic (exact) mass is 396 g/mol. The first kappa shape index (κ1) is 20.2. The van der Waals surface area contributed by atoms with Crippen LogP contribution in [0.15, 0.2) is 52.1 Å². The molecule has 0 bridgehead atoms. The van der Waals surface area contributed by atoms with Crippen LogP contribution < -0.4 is 5.32 Å². The van der Waals surface area contributed by atoms with Crippen LogP contribution in [-0.2, 0) is 16.4 Å². The second-order valence-corrected chi connectivity index (χ2v) is 7.80. The molecule has 9 heteroatoms. The van der Waals surface area contributed by atoms with Gasteiger partial charge in [-0.25, -0.2) is 12.4 Å². The van der Waals surface area contributed by atoms with Gasteiger partial charge in [-0.15, -0.1) is 12.4 Å². The summed E-state index contributed by atoms with van der Waals surface area (Å²) in [7, 11) is -1.78. The largest absolute Gasteiger partial charge is 0.334 e. The van der Waals surface area contributed by atoms with Crippen molar-refractivity contribution >= 4 is 22.4 Å². The number of nitrogens with zero attached hydrogens (tertiary/aromatic N) is 3. The molecule has 1 atom stereocenters. The molecular formula is C17H21ClN4O3S. The molecule has 7 nitrogen and oxygen atoms in total. The van der Waals surface area contributed by atoms with Gasteiger partial charge in [-0.3, -0.25) is 0 Å². The number of likely N-dealkylation sites (N-methyl/N-ethyl adjacent to an activating group) is 1. The summed E-state index contributed by atoms with van der Waals surface area (Å²) in [5, 5.41) is 7.04. The highest BCUT2D eigenvalue weighted by Gasteiger charge is 2.19. The lowest BCUT2D eigenvalue weighted by atomic mass is 10.2. The quantitative estimate of drug-likeness (QED) is 0.688. The van der Waals surface area contributed by atoms with Gasteiger partial charge < -0.3 is 9.84 Å². The molecule has 0 saturated heterocycles. The Morgan fingerprint density at radius 3 is 2.58 bits per heavy atom. The summed E-state index contributed by atoms with van der Waals surface area (Å²) in [5.41, 5.74) is 1.56. The van der Waals surface area contributed by atoms with Crippen molar-refractivity contribution in [3.8, 4) is 11.5 Å². The van der Waals surface area contributed by atoms with E-state index in [2.05, 4.69) is 15.5 Å². The van der Waals surface area contributed by atoms with Gasteiger partial charge in [0.1, 0.15) is 0 Å². The number of hydrogen-bond donors (Lipinski definition) is 1. The van der Waals surface area contributed by atoms with E-state index in [1.807, 2.05) is 20.9 Å². The van der Waals surface area contributed by atoms with Crippen LogP contribution >= 0.6 is 12.4 Å². The molecule has 140 valence electrons. The number of benzene rings is 1. The van der Waals surface area contributed by atoms with Crippen molar-refractivity contribution in [2.24, 2.45) is 0 Å². The Hall–Kier alpha value is -2.16. The van der Waals surface area contributed by atoms with Crippen LogP contribution in [-0.4, -0.2) is 35.6 Å². The van der Waals surface area contributed by atoms with Gasteiger partial charge in [0.15, 0.2) is 5.82 Å². The zero-order valence-electron chi connectivity index (χ0n) is 14.7. The first-order valence-electron chi connectivity index (χ1n) is 7.90. The second kappa shape index (κ2) is 8.03. The van der Waals surface area contributed by atoms with Crippen LogP contribution in [0.1, 0.15) is 18.3 Å². The van der Waals surface area contributed by atoms with Crippen molar-refractivity contribution in [1.29, 1.82) is 0 Å². The van der Waals surface area contributed by atoms with E-state index in [9.17, 15) is 8.42 Å². The van der Waals surface area contributed by atoms with Crippen molar-refractivity contribution in [2.45, 2.75) is 31.2 Å². The van der Waals surface area contributed by atoms with Gasteiger partial charge in [0.25, 0.3) is 15.9 Å². The lowest BCUT2D eigenvalue weighted by Crippen LogP contribution is -2.24. The Morgan fingerprint density at radius 2 is 1.92 bits per heavy atom. The molecule has 0 aliphatic rings. The zero-order chi connectivity index (χ0) is 18.0. The fourth-order valence-electron chi connectivity index (χ4n) is 2.31. The molecule has 0 radical (unpaired) electrons. The first-order chi connectivity index (χ1) is 11.9. The maximum atomic E-state index is 12.7. The highest BCUT2D eigenvalue weighted by molar-refractivity contribution is 7.90. The van der Waals surface area contributed by atoms with E-state index in [0.29, 0.717) is 23.7 Å². The molecule has 0 aliphatic heterocycles. The summed E-state index contributed by atoms with van der Waals surface area (Å²) in [6.07, 6.45) is 3.58. The van der Waals surface area contributed by atoms with Crippen LogP contribution in [0, 0.1) is 6.92 Å². The van der Waals surface area contributed by atoms with Crippen LogP contribution in [0.2, 0.25) is 0 Å². The Kier molecular flexibility index (Phi) is 6.22. The molecule has 0 fully saturated rings. The minimum absolute atomic E-state index is 0. The molecule has 3 aromatic rings. The third-order valence-corrected chi connectivity index (χ3v) is 5.61. The van der Waals surface area contributed by atoms with E-state index in [-0.39, 0.29) is 23.3 Å². The molecule has 0 spiro atoms. The van der Waals surface area contributed by atoms with Gasteiger partial charge in [-0.2, -0.15) is 4.98 Å². The molecule has 2 heterocycles. The van der Waals surface area contributed by atoms with Gasteiger partial charge in [0.2, 0.25) is 0 Å². The Balaban J connectivity index is 0.00000243. The van der Waals surface area contributed by atoms with Crippen molar-refractivity contribution < 1.29 is 12.9 Å². The Morgan fingerprint density at radius 1 is 1.23 bits per heavy atom. The molecule has 1 unspecified atom stereocenters. The fourth-order valence-corrected chi connectivity index (χ4v) is 3.51. The highest BCUT2D eigenvalue weighted by Crippen LogP contribution is 2.22. The first-order valence-corrected chi connectivity index (χ1v) is 9.34. The van der Waals surface area contributed by atoms with Crippen molar-refractivity contribution in [3.63, 3.8) is 0 Å². The molecule has 0 amide bonds. The standard InChI is InChI=1S/C17H20N4O3S.ClH/c1-12-4-6-15(7-5-12)25(22,23)21-9-8-14(11-21)17-19-16(20-24-17)10-13(2)18-3;/h4-9,11,13,18H,10H2,1-3H3;1H. The summed E-state index contributed by atoms with van der Waals surface area (Å²) in [5.74, 6) is 0.877. The van der Waals surface area contributed by atoms with E-state index in [1.54, 1.807) is 30.3 Å². The van der Waals surface area contributed by atoms with Crippen LogP contribution in [0.25, 0.3) is 11.5 Å². The zero-order valence-corrected chi connectivity index (χ0v) is 16.3. The lowest BCUT2D eigenvalue weighted by Gasteiger charge is -2.05. The summed E-state index contributed by atoms with van der Waals surface area (Å²) in [6, 6.07) is 8.58. The molecule has 1 N–H and O–H groups in total. The van der Waals surface area contributed by atoms with Gasteiger partial charge in [0, 0.05) is 24.9 Å². The number of halogens is 1. The van der Waals surface area contributed by atoms with Gasteiger partial charge in [0.05, 0.1) is 10.5 Å². The molecule has 3 rings (SSSR count). The molecule has 26 heavy (non-hydrogen) atoms. The van der Waals surface area contributed by atoms with Gasteiger partial charge >= 0.3 is 0 Å². The molecule has 1 aromatic carbocycles. The number of aryl methyl sites for hydroxylation is 1. The number of rotatable bonds is 6. The topological polar surface area (TPSA) is 90.0 Å². The SMILES string of the molecule is CNC(C)Cc1noc(-c2ccn(S(=O)(=O)c3ccc(C)cc3)c2)n1.Cl. The molecule has 2 aromatic heterocycles. The maximum absolute atomic E-state index is 12.7. The van der Waals surface area contributed by atoms with E-state index in [1.165, 1.54) is 12.4 Å². The van der Waals surface area contributed by atoms with Gasteiger partial charge in [-0.05, 0) is 39.1 Å². The molecular weight excluding hydrogens is 376 g/mol. The van der Waals surface area contributed by atoms with E-state index in [4.69, 9.17) is 4.52 Å². The number of hydrogen-bond acceptors (Lipinski definition) is 6. The smallest absolute Gasteiger partial charge is 0.267 e. The summed E-state index contributed by atoms with van der Waals surface area (Å²) in [4.78, 5) is 4.55. The molecule has 0 saturated carbocycles. The van der Waals surface area contributed by atoms with Crippen molar-refractivity contribution in [2.75, 3.05) is 7.05 Å². The average molecular weight is 397 g/mol. The fraction of sp³-hybridized carbons (Fsp3) is 0.294. The maximum Gasteiger partial charge on any atom is 0.267 e. The van der Waals surface area contributed by atoms with E-state index < -0.39 is 10.0 Å². The average Bonchev–Trinajstić information content (AvgIpc) is 3.24.